The van der Waals surface area contributed by atoms with E-state index in [1.807, 2.05) is 0 Å². The van der Waals surface area contributed by atoms with E-state index in [9.17, 15) is 5.21 Å². The van der Waals surface area contributed by atoms with Gasteiger partial charge in [0.1, 0.15) is 0 Å². The lowest BCUT2D eigenvalue weighted by Crippen LogP contribution is -2.33. The van der Waals surface area contributed by atoms with Crippen molar-refractivity contribution in [2.75, 3.05) is 7.11 Å². The number of rotatable bonds is 2. The summed E-state index contributed by atoms with van der Waals surface area (Å²) in [5.74, 6) is 5.71. The first-order valence-corrected chi connectivity index (χ1v) is 3.66. The predicted molar refractivity (Wildman–Crippen MR) is 44.7 cm³/mol. The molecule has 0 fully saturated rings. The normalized spacial score (nSPS) is 8.77. The second kappa shape index (κ2) is 4.26. The Morgan fingerprint density at radius 2 is 2.46 bits per heavy atom. The number of hydrogen-bond acceptors (Lipinski definition) is 4. The summed E-state index contributed by atoms with van der Waals surface area (Å²) in [5.41, 5.74) is 0. The second-order valence-corrected chi connectivity index (χ2v) is 2.19. The molecule has 0 spiro atoms. The topological polar surface area (TPSA) is 62.0 Å². The molecule has 1 heterocycles. The van der Waals surface area contributed by atoms with Crippen molar-refractivity contribution in [2.24, 2.45) is 0 Å². The van der Waals surface area contributed by atoms with E-state index in [4.69, 9.17) is 4.74 Å². The van der Waals surface area contributed by atoms with E-state index in [-0.39, 0.29) is 6.01 Å². The number of nitrogens with zero attached hydrogens (tertiary/aromatic N) is 3. The fourth-order valence-electron chi connectivity index (χ4n) is 0.740. The fourth-order valence-corrected chi connectivity index (χ4v) is 0.740. The Hall–Kier alpha value is -1.83. The van der Waals surface area contributed by atoms with Crippen LogP contribution in [0.25, 0.3) is 0 Å². The van der Waals surface area contributed by atoms with E-state index in [2.05, 4.69) is 21.8 Å². The minimum absolute atomic E-state index is 0.181. The van der Waals surface area contributed by atoms with Crippen LogP contribution in [0.1, 0.15) is 12.7 Å². The maximum absolute atomic E-state index is 11.1. The molecule has 0 N–H and O–H groups in total. The zero-order valence-electron chi connectivity index (χ0n) is 7.44. The van der Waals surface area contributed by atoms with Crippen LogP contribution in [0.2, 0.25) is 0 Å². The monoisotopic (exact) mass is 179 g/mol. The minimum Gasteiger partial charge on any atom is -0.740 e. The molecule has 0 saturated carbocycles. The SMILES string of the molecule is CC#CCc1nc(OC)nc[n+]1[O-]. The van der Waals surface area contributed by atoms with Crippen molar-refractivity contribution in [3.05, 3.63) is 17.4 Å². The summed E-state index contributed by atoms with van der Waals surface area (Å²) in [6, 6.07) is 0.181. The average Bonchev–Trinajstić information content (AvgIpc) is 2.17. The van der Waals surface area contributed by atoms with Crippen molar-refractivity contribution < 1.29 is 9.47 Å². The smallest absolute Gasteiger partial charge is 0.471 e. The Bertz CT molecular complexity index is 354. The third kappa shape index (κ3) is 2.30. The molecule has 1 aromatic heterocycles. The molecule has 0 aliphatic heterocycles. The van der Waals surface area contributed by atoms with Gasteiger partial charge in [-0.15, -0.1) is 5.92 Å². The van der Waals surface area contributed by atoms with Crippen LogP contribution in [0.3, 0.4) is 0 Å². The molecule has 0 unspecified atom stereocenters. The van der Waals surface area contributed by atoms with Crippen LogP contribution in [0, 0.1) is 17.0 Å². The molecule has 0 saturated heterocycles. The molecule has 68 valence electrons. The highest BCUT2D eigenvalue weighted by atomic mass is 16.5. The first kappa shape index (κ1) is 9.26. The van der Waals surface area contributed by atoms with Gasteiger partial charge in [-0.1, -0.05) is 5.92 Å². The van der Waals surface area contributed by atoms with Gasteiger partial charge >= 0.3 is 6.01 Å². The van der Waals surface area contributed by atoms with E-state index in [0.29, 0.717) is 17.0 Å². The Labute approximate surface area is 76.0 Å². The van der Waals surface area contributed by atoms with Crippen LogP contribution < -0.4 is 9.47 Å². The third-order valence-corrected chi connectivity index (χ3v) is 1.36. The summed E-state index contributed by atoms with van der Waals surface area (Å²) in [7, 11) is 1.44. The van der Waals surface area contributed by atoms with Crippen molar-refractivity contribution in [3.63, 3.8) is 0 Å². The summed E-state index contributed by atoms with van der Waals surface area (Å²) in [4.78, 5) is 7.48. The lowest BCUT2D eigenvalue weighted by atomic mass is 10.4. The first-order valence-electron chi connectivity index (χ1n) is 3.66. The molecule has 0 aromatic carbocycles. The molecular weight excluding hydrogens is 170 g/mol. The Morgan fingerprint density at radius 1 is 1.69 bits per heavy atom. The van der Waals surface area contributed by atoms with Crippen LogP contribution in [0.4, 0.5) is 0 Å². The van der Waals surface area contributed by atoms with Gasteiger partial charge in [0.2, 0.25) is 6.33 Å². The second-order valence-electron chi connectivity index (χ2n) is 2.19. The standard InChI is InChI=1S/C8H9N3O2/c1-3-4-5-7-10-8(13-2)9-6-11(7)12/h6H,5H2,1-2H3. The fraction of sp³-hybridized carbons (Fsp3) is 0.375. The molecule has 13 heavy (non-hydrogen) atoms. The van der Waals surface area contributed by atoms with Crippen molar-refractivity contribution in [2.45, 2.75) is 13.3 Å². The van der Waals surface area contributed by atoms with Gasteiger partial charge in [0.15, 0.2) is 0 Å². The van der Waals surface area contributed by atoms with Crippen molar-refractivity contribution >= 4 is 0 Å². The molecule has 0 aliphatic rings. The highest BCUT2D eigenvalue weighted by Gasteiger charge is 2.09. The Kier molecular flexibility index (Phi) is 3.03. The maximum atomic E-state index is 11.1. The molecule has 1 aromatic rings. The number of hydrogen-bond donors (Lipinski definition) is 0. The van der Waals surface area contributed by atoms with Crippen LogP contribution in [0.5, 0.6) is 6.01 Å². The first-order chi connectivity index (χ1) is 6.27. The largest absolute Gasteiger partial charge is 0.740 e. The van der Waals surface area contributed by atoms with E-state index in [1.54, 1.807) is 6.92 Å². The molecule has 0 amide bonds. The third-order valence-electron chi connectivity index (χ3n) is 1.36. The minimum atomic E-state index is 0.181. The molecule has 5 nitrogen and oxygen atoms in total. The van der Waals surface area contributed by atoms with Crippen LogP contribution >= 0.6 is 0 Å². The average molecular weight is 179 g/mol. The molecule has 5 heteroatoms. The summed E-state index contributed by atoms with van der Waals surface area (Å²) in [6.45, 7) is 1.70. The van der Waals surface area contributed by atoms with Crippen LogP contribution in [-0.2, 0) is 6.42 Å². The van der Waals surface area contributed by atoms with Crippen molar-refractivity contribution in [1.29, 1.82) is 0 Å². The van der Waals surface area contributed by atoms with Crippen LogP contribution in [0.15, 0.2) is 6.33 Å². The van der Waals surface area contributed by atoms with Gasteiger partial charge in [-0.05, 0) is 16.9 Å². The lowest BCUT2D eigenvalue weighted by molar-refractivity contribution is -0.620. The van der Waals surface area contributed by atoms with Crippen molar-refractivity contribution in [3.8, 4) is 17.9 Å². The van der Waals surface area contributed by atoms with Gasteiger partial charge in [-0.3, -0.25) is 4.73 Å². The van der Waals surface area contributed by atoms with Gasteiger partial charge in [-0.2, -0.15) is 0 Å². The molecule has 0 aliphatic carbocycles. The zero-order valence-corrected chi connectivity index (χ0v) is 7.44. The van der Waals surface area contributed by atoms with E-state index in [0.717, 1.165) is 6.33 Å². The van der Waals surface area contributed by atoms with Crippen LogP contribution in [-0.4, -0.2) is 17.1 Å². The van der Waals surface area contributed by atoms with Gasteiger partial charge in [0.25, 0.3) is 5.82 Å². The Balaban J connectivity index is 2.94. The van der Waals surface area contributed by atoms with Gasteiger partial charge < -0.3 is 9.94 Å². The molecule has 0 radical (unpaired) electrons. The highest BCUT2D eigenvalue weighted by Crippen LogP contribution is 1.97. The lowest BCUT2D eigenvalue weighted by Gasteiger charge is -2.03. The van der Waals surface area contributed by atoms with Crippen molar-refractivity contribution in [1.82, 2.24) is 9.97 Å². The molecule has 1 rings (SSSR count). The van der Waals surface area contributed by atoms with E-state index >= 15 is 0 Å². The van der Waals surface area contributed by atoms with Gasteiger partial charge in [0.05, 0.1) is 13.5 Å². The maximum Gasteiger partial charge on any atom is 0.471 e. The summed E-state index contributed by atoms with van der Waals surface area (Å²) < 4.78 is 5.34. The number of aromatic nitrogens is 3. The van der Waals surface area contributed by atoms with E-state index < -0.39 is 0 Å². The van der Waals surface area contributed by atoms with Gasteiger partial charge in [0, 0.05) is 0 Å². The summed E-state index contributed by atoms with van der Waals surface area (Å²) >= 11 is 0. The highest BCUT2D eigenvalue weighted by molar-refractivity contribution is 5.03. The molecule has 0 bridgehead atoms. The molecular formula is C8H9N3O2. The van der Waals surface area contributed by atoms with Gasteiger partial charge in [-0.25, -0.2) is 0 Å². The quantitative estimate of drug-likeness (QED) is 0.355. The zero-order chi connectivity index (χ0) is 9.68. The predicted octanol–water partition coefficient (Wildman–Crippen LogP) is -0.316. The Morgan fingerprint density at radius 3 is 3.08 bits per heavy atom. The molecule has 0 atom stereocenters. The summed E-state index contributed by atoms with van der Waals surface area (Å²) in [6.07, 6.45) is 1.41. The number of ether oxygens (including phenoxy) is 1. The number of methoxy groups -OCH3 is 1. The summed E-state index contributed by atoms with van der Waals surface area (Å²) in [5, 5.41) is 11.1. The van der Waals surface area contributed by atoms with E-state index in [1.165, 1.54) is 7.11 Å².